The highest BCUT2D eigenvalue weighted by Gasteiger charge is 2.39. The number of hydrogen-bond acceptors (Lipinski definition) is 4. The molecular formula is C20H45NO3Si. The zero-order valence-corrected chi connectivity index (χ0v) is 18.3. The maximum Gasteiger partial charge on any atom is 0.500 e. The normalized spacial score (nSPS) is 12.0. The van der Waals surface area contributed by atoms with Crippen LogP contribution in [-0.2, 0) is 13.3 Å². The average molecular weight is 376 g/mol. The van der Waals surface area contributed by atoms with Gasteiger partial charge in [-0.25, -0.2) is 0 Å². The van der Waals surface area contributed by atoms with E-state index in [4.69, 9.17) is 19.0 Å². The Morgan fingerprint density at radius 1 is 0.520 bits per heavy atom. The van der Waals surface area contributed by atoms with Crippen molar-refractivity contribution in [1.29, 1.82) is 0 Å². The fourth-order valence-corrected chi connectivity index (χ4v) is 5.94. The molecule has 0 rings (SSSR count). The van der Waals surface area contributed by atoms with Crippen molar-refractivity contribution in [2.75, 3.05) is 26.4 Å². The van der Waals surface area contributed by atoms with Gasteiger partial charge in [-0.2, -0.15) is 0 Å². The molecule has 152 valence electrons. The average Bonchev–Trinajstić information content (AvgIpc) is 2.60. The quantitative estimate of drug-likeness (QED) is 0.220. The third-order valence-electron chi connectivity index (χ3n) is 4.53. The number of rotatable bonds is 20. The lowest BCUT2D eigenvalue weighted by Gasteiger charge is -2.28. The van der Waals surface area contributed by atoms with Gasteiger partial charge in [0.1, 0.15) is 0 Å². The van der Waals surface area contributed by atoms with E-state index in [-0.39, 0.29) is 0 Å². The van der Waals surface area contributed by atoms with Crippen molar-refractivity contribution >= 4 is 8.80 Å². The first-order chi connectivity index (χ1) is 12.2. The molecule has 0 spiro atoms. The molecule has 0 atom stereocenters. The van der Waals surface area contributed by atoms with Crippen molar-refractivity contribution in [2.45, 2.75) is 104 Å². The largest absolute Gasteiger partial charge is 0.500 e. The van der Waals surface area contributed by atoms with Crippen LogP contribution >= 0.6 is 0 Å². The molecule has 0 aromatic rings. The molecule has 0 unspecified atom stereocenters. The van der Waals surface area contributed by atoms with Gasteiger partial charge in [0.25, 0.3) is 0 Å². The minimum atomic E-state index is -2.40. The van der Waals surface area contributed by atoms with E-state index in [1.54, 1.807) is 0 Å². The summed E-state index contributed by atoms with van der Waals surface area (Å²) in [5.74, 6) is 0. The van der Waals surface area contributed by atoms with Gasteiger partial charge in [-0.1, -0.05) is 64.2 Å². The van der Waals surface area contributed by atoms with E-state index in [0.29, 0.717) is 19.8 Å². The van der Waals surface area contributed by atoms with E-state index >= 15 is 0 Å². The van der Waals surface area contributed by atoms with Gasteiger partial charge in [-0.15, -0.1) is 0 Å². The van der Waals surface area contributed by atoms with E-state index in [1.807, 2.05) is 20.8 Å². The first-order valence-corrected chi connectivity index (χ1v) is 12.8. The van der Waals surface area contributed by atoms with Crippen molar-refractivity contribution < 1.29 is 13.3 Å². The van der Waals surface area contributed by atoms with Crippen molar-refractivity contribution in [3.8, 4) is 0 Å². The molecule has 2 N–H and O–H groups in total. The Morgan fingerprint density at radius 3 is 1.16 bits per heavy atom. The number of unbranched alkanes of at least 4 members (excludes halogenated alkanes) is 11. The molecule has 25 heavy (non-hydrogen) atoms. The summed E-state index contributed by atoms with van der Waals surface area (Å²) in [7, 11) is -2.40. The van der Waals surface area contributed by atoms with E-state index < -0.39 is 8.80 Å². The van der Waals surface area contributed by atoms with Crippen LogP contribution in [0.15, 0.2) is 0 Å². The van der Waals surface area contributed by atoms with Crippen molar-refractivity contribution in [1.82, 2.24) is 0 Å². The van der Waals surface area contributed by atoms with E-state index in [1.165, 1.54) is 70.6 Å². The first kappa shape index (κ1) is 25.1. The third-order valence-corrected chi connectivity index (χ3v) is 7.68. The summed E-state index contributed by atoms with van der Waals surface area (Å²) in [5, 5.41) is 0. The van der Waals surface area contributed by atoms with Gasteiger partial charge in [0.05, 0.1) is 0 Å². The molecule has 0 amide bonds. The number of nitrogens with two attached hydrogens (primary N) is 1. The van der Waals surface area contributed by atoms with Crippen LogP contribution in [0, 0.1) is 0 Å². The van der Waals surface area contributed by atoms with Crippen molar-refractivity contribution in [3.63, 3.8) is 0 Å². The molecule has 0 heterocycles. The number of hydrogen-bond donors (Lipinski definition) is 1. The summed E-state index contributed by atoms with van der Waals surface area (Å²) in [5.41, 5.74) is 5.51. The van der Waals surface area contributed by atoms with Crippen LogP contribution in [0.2, 0.25) is 6.04 Å². The Balaban J connectivity index is 3.56. The monoisotopic (exact) mass is 375 g/mol. The fraction of sp³-hybridized carbons (Fsp3) is 1.00. The van der Waals surface area contributed by atoms with Crippen LogP contribution in [0.1, 0.15) is 97.8 Å². The molecule has 4 nitrogen and oxygen atoms in total. The Morgan fingerprint density at radius 2 is 0.840 bits per heavy atom. The molecule has 0 radical (unpaired) electrons. The van der Waals surface area contributed by atoms with Gasteiger partial charge < -0.3 is 19.0 Å². The zero-order chi connectivity index (χ0) is 18.6. The molecule has 0 bridgehead atoms. The Labute approximate surface area is 158 Å². The predicted octanol–water partition coefficient (Wildman–Crippen LogP) is 5.67. The summed E-state index contributed by atoms with van der Waals surface area (Å²) >= 11 is 0. The lowest BCUT2D eigenvalue weighted by Crippen LogP contribution is -2.45. The van der Waals surface area contributed by atoms with E-state index in [0.717, 1.165) is 19.0 Å². The topological polar surface area (TPSA) is 53.7 Å². The van der Waals surface area contributed by atoms with Crippen LogP contribution in [0.25, 0.3) is 0 Å². The molecule has 5 heteroatoms. The Kier molecular flexibility index (Phi) is 18.9. The minimum absolute atomic E-state index is 0.679. The second-order valence-electron chi connectivity index (χ2n) is 6.76. The van der Waals surface area contributed by atoms with Crippen molar-refractivity contribution in [3.05, 3.63) is 0 Å². The lowest BCUT2D eigenvalue weighted by atomic mass is 10.1. The Hall–Kier alpha value is 0.0569. The molecule has 0 saturated carbocycles. The smallest absolute Gasteiger partial charge is 0.374 e. The third kappa shape index (κ3) is 14.9. The summed E-state index contributed by atoms with van der Waals surface area (Å²) in [4.78, 5) is 0. The molecule has 0 saturated heterocycles. The summed E-state index contributed by atoms with van der Waals surface area (Å²) in [6.45, 7) is 8.96. The molecule has 0 aromatic carbocycles. The van der Waals surface area contributed by atoms with Crippen LogP contribution in [0.5, 0.6) is 0 Å². The second kappa shape index (κ2) is 18.8. The lowest BCUT2D eigenvalue weighted by molar-refractivity contribution is 0.0706. The van der Waals surface area contributed by atoms with Gasteiger partial charge in [-0.05, 0) is 40.2 Å². The Bertz CT molecular complexity index is 250. The first-order valence-electron chi connectivity index (χ1n) is 10.9. The fourth-order valence-electron chi connectivity index (χ4n) is 3.25. The highest BCUT2D eigenvalue weighted by molar-refractivity contribution is 6.60. The molecular weight excluding hydrogens is 330 g/mol. The molecule has 0 aliphatic carbocycles. The second-order valence-corrected chi connectivity index (χ2v) is 9.50. The standard InChI is InChI=1S/C20H45NO3Si/c1-4-22-25(23-5-2,24-6-3)20-18-16-14-12-10-8-7-9-11-13-15-17-19-21/h4-21H2,1-3H3. The zero-order valence-electron chi connectivity index (χ0n) is 17.3. The highest BCUT2D eigenvalue weighted by Crippen LogP contribution is 2.21. The van der Waals surface area contributed by atoms with Gasteiger partial charge in [0.2, 0.25) is 0 Å². The van der Waals surface area contributed by atoms with E-state index in [2.05, 4.69) is 0 Å². The summed E-state index contributed by atoms with van der Waals surface area (Å²) < 4.78 is 17.7. The minimum Gasteiger partial charge on any atom is -0.374 e. The van der Waals surface area contributed by atoms with Gasteiger partial charge in [0, 0.05) is 25.9 Å². The summed E-state index contributed by atoms with van der Waals surface area (Å²) in [6.07, 6.45) is 15.9. The maximum atomic E-state index is 5.91. The van der Waals surface area contributed by atoms with Crippen molar-refractivity contribution in [2.24, 2.45) is 5.73 Å². The van der Waals surface area contributed by atoms with E-state index in [9.17, 15) is 0 Å². The van der Waals surface area contributed by atoms with Crippen LogP contribution in [-0.4, -0.2) is 35.2 Å². The predicted molar refractivity (Wildman–Crippen MR) is 110 cm³/mol. The highest BCUT2D eigenvalue weighted by atomic mass is 28.4. The molecule has 0 fully saturated rings. The van der Waals surface area contributed by atoms with Gasteiger partial charge in [0.15, 0.2) is 0 Å². The summed E-state index contributed by atoms with van der Waals surface area (Å²) in [6, 6.07) is 0.964. The SMILES string of the molecule is CCO[Si](CCCCCCCCCCCCCCN)(OCC)OCC. The molecule has 0 aliphatic heterocycles. The van der Waals surface area contributed by atoms with Crippen LogP contribution in [0.4, 0.5) is 0 Å². The van der Waals surface area contributed by atoms with Gasteiger partial charge in [-0.3, -0.25) is 0 Å². The molecule has 0 aromatic heterocycles. The molecule has 0 aliphatic rings. The van der Waals surface area contributed by atoms with Crippen LogP contribution < -0.4 is 5.73 Å². The maximum absolute atomic E-state index is 5.91. The van der Waals surface area contributed by atoms with Crippen LogP contribution in [0.3, 0.4) is 0 Å². The van der Waals surface area contributed by atoms with Gasteiger partial charge >= 0.3 is 8.80 Å².